The monoisotopic (exact) mass is 341 g/mol. The van der Waals surface area contributed by atoms with Gasteiger partial charge in [-0.1, -0.05) is 23.2 Å². The van der Waals surface area contributed by atoms with Gasteiger partial charge in [0.2, 0.25) is 5.91 Å². The number of amides is 1. The number of carbonyl (C=O) groups is 1. The molecule has 0 fully saturated rings. The number of nitrogens with one attached hydrogen (secondary N) is 1. The van der Waals surface area contributed by atoms with Gasteiger partial charge in [0.15, 0.2) is 0 Å². The molecule has 2 rings (SSSR count). The number of nitrogen functional groups attached to an aromatic ring is 1. The average molecular weight is 342 g/mol. The van der Waals surface area contributed by atoms with Crippen LogP contribution < -0.4 is 11.1 Å². The predicted molar refractivity (Wildman–Crippen MR) is 89.1 cm³/mol. The van der Waals surface area contributed by atoms with Crippen molar-refractivity contribution in [2.45, 2.75) is 11.3 Å². The van der Waals surface area contributed by atoms with Gasteiger partial charge < -0.3 is 11.1 Å². The SMILES string of the molecule is Nc1cc(Cl)c(NC(=O)CCSc2ccncc2)c(Cl)c1. The van der Waals surface area contributed by atoms with Gasteiger partial charge in [0.1, 0.15) is 0 Å². The van der Waals surface area contributed by atoms with Crippen molar-refractivity contribution in [1.82, 2.24) is 4.98 Å². The Morgan fingerprint density at radius 2 is 1.86 bits per heavy atom. The molecule has 110 valence electrons. The quantitative estimate of drug-likeness (QED) is 0.634. The van der Waals surface area contributed by atoms with E-state index in [-0.39, 0.29) is 5.91 Å². The molecule has 2 aromatic rings. The van der Waals surface area contributed by atoms with Crippen LogP contribution in [0.2, 0.25) is 10.0 Å². The van der Waals surface area contributed by atoms with E-state index >= 15 is 0 Å². The smallest absolute Gasteiger partial charge is 0.225 e. The van der Waals surface area contributed by atoms with Gasteiger partial charge in [0, 0.05) is 35.2 Å². The fourth-order valence-corrected chi connectivity index (χ4v) is 3.05. The number of halogens is 2. The van der Waals surface area contributed by atoms with Crippen LogP contribution in [0.15, 0.2) is 41.6 Å². The molecule has 21 heavy (non-hydrogen) atoms. The fourth-order valence-electron chi connectivity index (χ4n) is 1.61. The lowest BCUT2D eigenvalue weighted by Gasteiger charge is -2.10. The van der Waals surface area contributed by atoms with E-state index in [1.165, 1.54) is 0 Å². The van der Waals surface area contributed by atoms with Gasteiger partial charge in [-0.2, -0.15) is 0 Å². The zero-order valence-electron chi connectivity index (χ0n) is 11.0. The molecule has 0 aliphatic heterocycles. The zero-order valence-corrected chi connectivity index (χ0v) is 13.3. The minimum atomic E-state index is -0.148. The van der Waals surface area contributed by atoms with Gasteiger partial charge in [-0.3, -0.25) is 9.78 Å². The number of carbonyl (C=O) groups excluding carboxylic acids is 1. The molecule has 3 N–H and O–H groups in total. The molecule has 0 atom stereocenters. The summed E-state index contributed by atoms with van der Waals surface area (Å²) in [6, 6.07) is 6.90. The van der Waals surface area contributed by atoms with Gasteiger partial charge in [-0.05, 0) is 24.3 Å². The number of nitrogens with zero attached hydrogens (tertiary/aromatic N) is 1. The van der Waals surface area contributed by atoms with Gasteiger partial charge in [0.25, 0.3) is 0 Å². The summed E-state index contributed by atoms with van der Waals surface area (Å²) in [6.07, 6.45) is 3.79. The fraction of sp³-hybridized carbons (Fsp3) is 0.143. The van der Waals surface area contributed by atoms with Crippen LogP contribution in [-0.2, 0) is 4.79 Å². The highest BCUT2D eigenvalue weighted by Crippen LogP contribution is 2.33. The van der Waals surface area contributed by atoms with E-state index in [0.29, 0.717) is 33.6 Å². The van der Waals surface area contributed by atoms with Crippen LogP contribution in [0.1, 0.15) is 6.42 Å². The molecule has 1 aromatic heterocycles. The summed E-state index contributed by atoms with van der Waals surface area (Å²) < 4.78 is 0. The first kappa shape index (κ1) is 15.9. The summed E-state index contributed by atoms with van der Waals surface area (Å²) in [5.74, 6) is 0.505. The Morgan fingerprint density at radius 3 is 2.48 bits per heavy atom. The number of rotatable bonds is 5. The number of thioether (sulfide) groups is 1. The van der Waals surface area contributed by atoms with Crippen LogP contribution in [0, 0.1) is 0 Å². The first-order valence-electron chi connectivity index (χ1n) is 6.13. The van der Waals surface area contributed by atoms with Gasteiger partial charge in [-0.25, -0.2) is 0 Å². The van der Waals surface area contributed by atoms with Crippen molar-refractivity contribution in [3.8, 4) is 0 Å². The number of hydrogen-bond donors (Lipinski definition) is 2. The molecule has 1 amide bonds. The van der Waals surface area contributed by atoms with E-state index < -0.39 is 0 Å². The number of hydrogen-bond acceptors (Lipinski definition) is 4. The molecule has 1 heterocycles. The van der Waals surface area contributed by atoms with Crippen LogP contribution in [0.3, 0.4) is 0 Å². The lowest BCUT2D eigenvalue weighted by molar-refractivity contribution is -0.115. The minimum Gasteiger partial charge on any atom is -0.399 e. The second-order valence-corrected chi connectivity index (χ2v) is 6.17. The number of benzene rings is 1. The normalized spacial score (nSPS) is 10.4. The van der Waals surface area contributed by atoms with Crippen molar-refractivity contribution in [3.05, 3.63) is 46.7 Å². The van der Waals surface area contributed by atoms with Crippen molar-refractivity contribution < 1.29 is 4.79 Å². The summed E-state index contributed by atoms with van der Waals surface area (Å²) in [5, 5.41) is 3.37. The van der Waals surface area contributed by atoms with Crippen molar-refractivity contribution in [1.29, 1.82) is 0 Å². The molecule has 0 spiro atoms. The molecule has 0 aliphatic carbocycles. The predicted octanol–water partition coefficient (Wildman–Crippen LogP) is 4.09. The van der Waals surface area contributed by atoms with Crippen LogP contribution in [-0.4, -0.2) is 16.6 Å². The van der Waals surface area contributed by atoms with Crippen LogP contribution in [0.25, 0.3) is 0 Å². The third-order valence-electron chi connectivity index (χ3n) is 2.58. The van der Waals surface area contributed by atoms with Crippen molar-refractivity contribution >= 4 is 52.2 Å². The zero-order chi connectivity index (χ0) is 15.2. The van der Waals surface area contributed by atoms with E-state index in [2.05, 4.69) is 10.3 Å². The molecule has 0 saturated heterocycles. The Balaban J connectivity index is 1.88. The van der Waals surface area contributed by atoms with Gasteiger partial charge in [0.05, 0.1) is 15.7 Å². The molecule has 0 radical (unpaired) electrons. The van der Waals surface area contributed by atoms with Crippen molar-refractivity contribution in [3.63, 3.8) is 0 Å². The average Bonchev–Trinajstić information content (AvgIpc) is 2.44. The summed E-state index contributed by atoms with van der Waals surface area (Å²) in [5.41, 5.74) is 6.46. The summed E-state index contributed by atoms with van der Waals surface area (Å²) >= 11 is 13.6. The molecule has 0 unspecified atom stereocenters. The number of pyridine rings is 1. The topological polar surface area (TPSA) is 68.0 Å². The van der Waals surface area contributed by atoms with Crippen LogP contribution >= 0.6 is 35.0 Å². The Bertz CT molecular complexity index is 614. The number of aromatic nitrogens is 1. The van der Waals surface area contributed by atoms with E-state index in [0.717, 1.165) is 4.90 Å². The van der Waals surface area contributed by atoms with E-state index in [1.54, 1.807) is 36.3 Å². The van der Waals surface area contributed by atoms with E-state index in [4.69, 9.17) is 28.9 Å². The maximum Gasteiger partial charge on any atom is 0.225 e. The lowest BCUT2D eigenvalue weighted by atomic mass is 10.2. The number of nitrogens with two attached hydrogens (primary N) is 1. The third kappa shape index (κ3) is 4.81. The molecule has 1 aromatic carbocycles. The molecule has 0 saturated carbocycles. The van der Waals surface area contributed by atoms with Gasteiger partial charge >= 0.3 is 0 Å². The Kier molecular flexibility index (Phi) is 5.73. The minimum absolute atomic E-state index is 0.148. The highest BCUT2D eigenvalue weighted by molar-refractivity contribution is 7.99. The third-order valence-corrected chi connectivity index (χ3v) is 4.19. The standard InChI is InChI=1S/C14H13Cl2N3OS/c15-11-7-9(17)8-12(16)14(11)19-13(20)3-6-21-10-1-4-18-5-2-10/h1-2,4-5,7-8H,3,6,17H2,(H,19,20). The van der Waals surface area contributed by atoms with Crippen molar-refractivity contribution in [2.75, 3.05) is 16.8 Å². The molecule has 0 aliphatic rings. The first-order valence-corrected chi connectivity index (χ1v) is 7.87. The second kappa shape index (κ2) is 7.54. The van der Waals surface area contributed by atoms with Crippen LogP contribution in [0.4, 0.5) is 11.4 Å². The second-order valence-electron chi connectivity index (χ2n) is 4.19. The summed E-state index contributed by atoms with van der Waals surface area (Å²) in [7, 11) is 0. The van der Waals surface area contributed by atoms with E-state index in [9.17, 15) is 4.79 Å². The maximum atomic E-state index is 11.9. The summed E-state index contributed by atoms with van der Waals surface area (Å²) in [6.45, 7) is 0. The summed E-state index contributed by atoms with van der Waals surface area (Å²) in [4.78, 5) is 16.9. The first-order chi connectivity index (χ1) is 10.1. The van der Waals surface area contributed by atoms with E-state index in [1.807, 2.05) is 12.1 Å². The molecule has 0 bridgehead atoms. The Labute approximate surface area is 137 Å². The van der Waals surface area contributed by atoms with Crippen molar-refractivity contribution in [2.24, 2.45) is 0 Å². The van der Waals surface area contributed by atoms with Crippen LogP contribution in [0.5, 0.6) is 0 Å². The Morgan fingerprint density at radius 1 is 1.24 bits per heavy atom. The molecule has 7 heteroatoms. The number of anilines is 2. The molecular weight excluding hydrogens is 329 g/mol. The largest absolute Gasteiger partial charge is 0.399 e. The maximum absolute atomic E-state index is 11.9. The Hall–Kier alpha value is -1.43. The highest BCUT2D eigenvalue weighted by atomic mass is 35.5. The van der Waals surface area contributed by atoms with Gasteiger partial charge in [-0.15, -0.1) is 11.8 Å². The highest BCUT2D eigenvalue weighted by Gasteiger charge is 2.11. The molecule has 4 nitrogen and oxygen atoms in total. The molecular formula is C14H13Cl2N3OS. The lowest BCUT2D eigenvalue weighted by Crippen LogP contribution is -2.13.